The third-order valence-corrected chi connectivity index (χ3v) is 7.47. The van der Waals surface area contributed by atoms with Crippen molar-refractivity contribution in [3.8, 4) is 0 Å². The molecule has 146 valence electrons. The SMILES string of the molecule is Cl.O=C(Nc1cccc(CS(=O)(=O)C2CCCCC2)c1)C1CCCCN1. The van der Waals surface area contributed by atoms with E-state index in [0.29, 0.717) is 5.69 Å². The summed E-state index contributed by atoms with van der Waals surface area (Å²) < 4.78 is 25.3. The Morgan fingerprint density at radius 2 is 1.81 bits per heavy atom. The normalized spacial score (nSPS) is 21.6. The van der Waals surface area contributed by atoms with Gasteiger partial charge in [0.05, 0.1) is 17.0 Å². The van der Waals surface area contributed by atoms with Crippen LogP contribution in [0.2, 0.25) is 0 Å². The Kier molecular flexibility index (Phi) is 7.92. The Balaban J connectivity index is 0.00000243. The quantitative estimate of drug-likeness (QED) is 0.793. The van der Waals surface area contributed by atoms with Crippen molar-refractivity contribution in [1.82, 2.24) is 5.32 Å². The third-order valence-electron chi connectivity index (χ3n) is 5.25. The number of benzene rings is 1. The van der Waals surface area contributed by atoms with Crippen LogP contribution >= 0.6 is 12.4 Å². The van der Waals surface area contributed by atoms with Crippen molar-refractivity contribution in [2.45, 2.75) is 68.4 Å². The summed E-state index contributed by atoms with van der Waals surface area (Å²) in [7, 11) is -3.13. The highest BCUT2D eigenvalue weighted by Crippen LogP contribution is 2.26. The van der Waals surface area contributed by atoms with Crippen molar-refractivity contribution in [3.63, 3.8) is 0 Å². The highest BCUT2D eigenvalue weighted by Gasteiger charge is 2.27. The average Bonchev–Trinajstić information content (AvgIpc) is 2.63. The molecule has 1 saturated heterocycles. The number of hydrogen-bond acceptors (Lipinski definition) is 4. The number of hydrogen-bond donors (Lipinski definition) is 2. The summed E-state index contributed by atoms with van der Waals surface area (Å²) >= 11 is 0. The van der Waals surface area contributed by atoms with Gasteiger partial charge in [0.2, 0.25) is 5.91 Å². The van der Waals surface area contributed by atoms with E-state index in [4.69, 9.17) is 0 Å². The van der Waals surface area contributed by atoms with Gasteiger partial charge in [-0.2, -0.15) is 0 Å². The van der Waals surface area contributed by atoms with Gasteiger partial charge in [0.25, 0.3) is 0 Å². The summed E-state index contributed by atoms with van der Waals surface area (Å²) in [6.07, 6.45) is 7.74. The number of piperidine rings is 1. The molecule has 1 unspecified atom stereocenters. The zero-order valence-electron chi connectivity index (χ0n) is 15.1. The monoisotopic (exact) mass is 400 g/mol. The zero-order valence-corrected chi connectivity index (χ0v) is 16.7. The Hall–Kier alpha value is -1.11. The van der Waals surface area contributed by atoms with Crippen LogP contribution in [0.4, 0.5) is 5.69 Å². The molecule has 1 amide bonds. The summed E-state index contributed by atoms with van der Waals surface area (Å²) in [5.74, 6) is 0.0234. The van der Waals surface area contributed by atoms with Crippen LogP contribution in [-0.4, -0.2) is 32.2 Å². The van der Waals surface area contributed by atoms with Gasteiger partial charge in [-0.1, -0.05) is 37.8 Å². The van der Waals surface area contributed by atoms with Crippen LogP contribution in [0.3, 0.4) is 0 Å². The Labute approximate surface area is 162 Å². The number of amides is 1. The van der Waals surface area contributed by atoms with E-state index in [-0.39, 0.29) is 35.4 Å². The topological polar surface area (TPSA) is 75.3 Å². The van der Waals surface area contributed by atoms with E-state index in [1.165, 1.54) is 0 Å². The second-order valence-corrected chi connectivity index (χ2v) is 9.54. The summed E-state index contributed by atoms with van der Waals surface area (Å²) in [5.41, 5.74) is 1.42. The van der Waals surface area contributed by atoms with E-state index in [2.05, 4.69) is 10.6 Å². The van der Waals surface area contributed by atoms with E-state index in [1.54, 1.807) is 6.07 Å². The van der Waals surface area contributed by atoms with Crippen LogP contribution in [0.15, 0.2) is 24.3 Å². The number of anilines is 1. The van der Waals surface area contributed by atoms with Gasteiger partial charge in [0, 0.05) is 5.69 Å². The third kappa shape index (κ3) is 5.69. The summed E-state index contributed by atoms with van der Waals surface area (Å²) in [4.78, 5) is 12.3. The molecule has 1 saturated carbocycles. The van der Waals surface area contributed by atoms with Crippen molar-refractivity contribution in [2.75, 3.05) is 11.9 Å². The Morgan fingerprint density at radius 3 is 2.50 bits per heavy atom. The molecule has 26 heavy (non-hydrogen) atoms. The number of carbonyl (C=O) groups excluding carboxylic acids is 1. The van der Waals surface area contributed by atoms with Crippen LogP contribution in [0, 0.1) is 0 Å². The smallest absolute Gasteiger partial charge is 0.241 e. The molecule has 0 bridgehead atoms. The first-order valence-corrected chi connectivity index (χ1v) is 11.1. The molecule has 1 aliphatic heterocycles. The minimum Gasteiger partial charge on any atom is -0.325 e. The molecule has 5 nitrogen and oxygen atoms in total. The van der Waals surface area contributed by atoms with E-state index in [0.717, 1.165) is 63.5 Å². The number of sulfone groups is 1. The molecular weight excluding hydrogens is 372 g/mol. The van der Waals surface area contributed by atoms with Crippen molar-refractivity contribution >= 4 is 33.8 Å². The Morgan fingerprint density at radius 1 is 1.08 bits per heavy atom. The predicted molar refractivity (Wildman–Crippen MR) is 107 cm³/mol. The molecule has 1 aliphatic carbocycles. The van der Waals surface area contributed by atoms with E-state index in [9.17, 15) is 13.2 Å². The minimum atomic E-state index is -3.13. The van der Waals surface area contributed by atoms with Crippen molar-refractivity contribution in [3.05, 3.63) is 29.8 Å². The van der Waals surface area contributed by atoms with Gasteiger partial charge in [-0.25, -0.2) is 8.42 Å². The van der Waals surface area contributed by atoms with E-state index < -0.39 is 9.84 Å². The highest BCUT2D eigenvalue weighted by molar-refractivity contribution is 7.91. The lowest BCUT2D eigenvalue weighted by atomic mass is 10.0. The predicted octanol–water partition coefficient (Wildman–Crippen LogP) is 3.44. The first-order valence-electron chi connectivity index (χ1n) is 9.39. The first kappa shape index (κ1) is 21.2. The van der Waals surface area contributed by atoms with Crippen molar-refractivity contribution in [2.24, 2.45) is 0 Å². The summed E-state index contributed by atoms with van der Waals surface area (Å²) in [5, 5.41) is 5.95. The van der Waals surface area contributed by atoms with Crippen molar-refractivity contribution < 1.29 is 13.2 Å². The maximum atomic E-state index is 12.6. The zero-order chi connectivity index (χ0) is 17.7. The van der Waals surface area contributed by atoms with Gasteiger partial charge in [-0.3, -0.25) is 4.79 Å². The molecular formula is C19H29ClN2O3S. The number of halogens is 1. The van der Waals surface area contributed by atoms with Crippen LogP contribution in [0.5, 0.6) is 0 Å². The molecule has 1 aromatic carbocycles. The van der Waals surface area contributed by atoms with Gasteiger partial charge >= 0.3 is 0 Å². The highest BCUT2D eigenvalue weighted by atomic mass is 35.5. The molecule has 3 rings (SSSR count). The standard InChI is InChI=1S/C19H28N2O3S.ClH/c22-19(18-11-4-5-12-20-18)21-16-8-6-7-15(13-16)14-25(23,24)17-9-2-1-3-10-17;/h6-8,13,17-18,20H,1-5,9-12,14H2,(H,21,22);1H. The number of rotatable bonds is 5. The van der Waals surface area contributed by atoms with Crippen molar-refractivity contribution in [1.29, 1.82) is 0 Å². The summed E-state index contributed by atoms with van der Waals surface area (Å²) in [6.45, 7) is 0.873. The molecule has 0 spiro atoms. The fourth-order valence-corrected chi connectivity index (χ4v) is 5.75. The molecule has 0 radical (unpaired) electrons. The lowest BCUT2D eigenvalue weighted by molar-refractivity contribution is -0.118. The first-order chi connectivity index (χ1) is 12.0. The Bertz CT molecular complexity index is 696. The largest absolute Gasteiger partial charge is 0.325 e. The number of nitrogens with one attached hydrogen (secondary N) is 2. The van der Waals surface area contributed by atoms with Gasteiger partial charge in [-0.15, -0.1) is 12.4 Å². The summed E-state index contributed by atoms with van der Waals surface area (Å²) in [6, 6.07) is 7.10. The average molecular weight is 401 g/mol. The van der Waals surface area contributed by atoms with Crippen LogP contribution in [0.1, 0.15) is 56.9 Å². The molecule has 2 N–H and O–H groups in total. The maximum absolute atomic E-state index is 12.6. The van der Waals surface area contributed by atoms with Crippen LogP contribution < -0.4 is 10.6 Å². The fraction of sp³-hybridized carbons (Fsp3) is 0.632. The van der Waals surface area contributed by atoms with Gasteiger partial charge < -0.3 is 10.6 Å². The fourth-order valence-electron chi connectivity index (χ4n) is 3.82. The molecule has 1 atom stereocenters. The van der Waals surface area contributed by atoms with Gasteiger partial charge in [0.1, 0.15) is 0 Å². The van der Waals surface area contributed by atoms with Crippen LogP contribution in [-0.2, 0) is 20.4 Å². The molecule has 7 heteroatoms. The molecule has 0 aromatic heterocycles. The lowest BCUT2D eigenvalue weighted by Crippen LogP contribution is -2.43. The lowest BCUT2D eigenvalue weighted by Gasteiger charge is -2.23. The molecule has 1 heterocycles. The van der Waals surface area contributed by atoms with E-state index in [1.807, 2.05) is 18.2 Å². The molecule has 2 fully saturated rings. The molecule has 2 aliphatic rings. The van der Waals surface area contributed by atoms with Gasteiger partial charge in [0.15, 0.2) is 9.84 Å². The number of carbonyl (C=O) groups is 1. The van der Waals surface area contributed by atoms with Gasteiger partial charge in [-0.05, 0) is 49.9 Å². The second kappa shape index (κ2) is 9.72. The van der Waals surface area contributed by atoms with E-state index >= 15 is 0 Å². The van der Waals surface area contributed by atoms with Crippen LogP contribution in [0.25, 0.3) is 0 Å². The second-order valence-electron chi connectivity index (χ2n) is 7.26. The maximum Gasteiger partial charge on any atom is 0.241 e. The molecule has 1 aromatic rings. The minimum absolute atomic E-state index is 0.